The average molecular weight is 323 g/mol. The number of thiophene rings is 1. The van der Waals surface area contributed by atoms with E-state index >= 15 is 0 Å². The van der Waals surface area contributed by atoms with Crippen LogP contribution in [0.4, 0.5) is 5.82 Å². The minimum absolute atomic E-state index is 1.02. The van der Waals surface area contributed by atoms with Gasteiger partial charge in [0.2, 0.25) is 0 Å². The Balaban J connectivity index is 1.93. The number of aromatic nitrogens is 2. The zero-order chi connectivity index (χ0) is 15.8. The third-order valence-electron chi connectivity index (χ3n) is 4.44. The Kier molecular flexibility index (Phi) is 3.69. The van der Waals surface area contributed by atoms with Crippen molar-refractivity contribution in [1.29, 1.82) is 0 Å². The Morgan fingerprint density at radius 2 is 2.04 bits per heavy atom. The zero-order valence-corrected chi connectivity index (χ0v) is 14.4. The second-order valence-corrected chi connectivity index (χ2v) is 7.16. The fourth-order valence-electron chi connectivity index (χ4n) is 3.23. The minimum atomic E-state index is 1.02. The van der Waals surface area contributed by atoms with E-state index < -0.39 is 0 Å². The molecule has 1 aliphatic heterocycles. The van der Waals surface area contributed by atoms with Crippen molar-refractivity contribution in [2.24, 2.45) is 0 Å². The molecule has 0 atom stereocenters. The van der Waals surface area contributed by atoms with Gasteiger partial charge >= 0.3 is 0 Å². The van der Waals surface area contributed by atoms with Crippen molar-refractivity contribution in [2.75, 3.05) is 11.9 Å². The Morgan fingerprint density at radius 1 is 1.17 bits per heavy atom. The molecular formula is C19H21N3S. The lowest BCUT2D eigenvalue weighted by Gasteiger charge is -2.11. The van der Waals surface area contributed by atoms with Gasteiger partial charge in [0.05, 0.1) is 10.6 Å². The van der Waals surface area contributed by atoms with Gasteiger partial charge in [0, 0.05) is 12.1 Å². The van der Waals surface area contributed by atoms with Crippen LogP contribution >= 0.6 is 11.3 Å². The molecule has 1 aromatic carbocycles. The Labute approximate surface area is 141 Å². The summed E-state index contributed by atoms with van der Waals surface area (Å²) in [6.45, 7) is 5.32. The molecular weight excluding hydrogens is 302 g/mol. The molecule has 0 spiro atoms. The summed E-state index contributed by atoms with van der Waals surface area (Å²) in [5.41, 5.74) is 6.24. The van der Waals surface area contributed by atoms with E-state index in [0.717, 1.165) is 24.3 Å². The van der Waals surface area contributed by atoms with Crippen molar-refractivity contribution < 1.29 is 0 Å². The molecule has 0 aliphatic carbocycles. The van der Waals surface area contributed by atoms with Gasteiger partial charge in [0.1, 0.15) is 11.5 Å². The van der Waals surface area contributed by atoms with Gasteiger partial charge in [0.15, 0.2) is 0 Å². The highest BCUT2D eigenvalue weighted by Crippen LogP contribution is 2.37. The number of anilines is 1. The number of hydrogen-bond acceptors (Lipinski definition) is 3. The quantitative estimate of drug-likeness (QED) is 0.722. The predicted octanol–water partition coefficient (Wildman–Crippen LogP) is 4.97. The van der Waals surface area contributed by atoms with E-state index in [9.17, 15) is 0 Å². The first-order valence-electron chi connectivity index (χ1n) is 8.21. The van der Waals surface area contributed by atoms with Crippen molar-refractivity contribution in [1.82, 2.24) is 9.78 Å². The molecule has 118 valence electrons. The fraction of sp³-hybridized carbons (Fsp3) is 0.316. The van der Waals surface area contributed by atoms with Crippen LogP contribution in [0.1, 0.15) is 29.5 Å². The van der Waals surface area contributed by atoms with Crippen LogP contribution in [0.15, 0.2) is 35.7 Å². The SMILES string of the molecule is Cc1csc(-c2nn(-c3ccccc3C)c3c2CCCCN3)c1. The predicted molar refractivity (Wildman–Crippen MR) is 97.8 cm³/mol. The molecule has 0 bridgehead atoms. The van der Waals surface area contributed by atoms with Crippen molar-refractivity contribution >= 4 is 17.2 Å². The number of para-hydroxylation sites is 1. The molecule has 4 rings (SSSR count). The van der Waals surface area contributed by atoms with Gasteiger partial charge in [-0.1, -0.05) is 18.2 Å². The number of nitrogens with zero attached hydrogens (tertiary/aromatic N) is 2. The van der Waals surface area contributed by atoms with Crippen LogP contribution in [-0.2, 0) is 6.42 Å². The van der Waals surface area contributed by atoms with Crippen LogP contribution in [0, 0.1) is 13.8 Å². The van der Waals surface area contributed by atoms with Crippen LogP contribution in [0.3, 0.4) is 0 Å². The molecule has 3 heterocycles. The monoisotopic (exact) mass is 323 g/mol. The van der Waals surface area contributed by atoms with E-state index in [1.165, 1.54) is 40.2 Å². The molecule has 2 aromatic heterocycles. The van der Waals surface area contributed by atoms with E-state index in [2.05, 4.69) is 59.6 Å². The third kappa shape index (κ3) is 2.57. The summed E-state index contributed by atoms with van der Waals surface area (Å²) in [5, 5.41) is 10.8. The standard InChI is InChI=1S/C19H21N3S/c1-13-11-17(23-12-13)18-15-8-5-6-10-20-19(15)22(21-18)16-9-4-3-7-14(16)2/h3-4,7,9,11-12,20H,5-6,8,10H2,1-2H3. The largest absolute Gasteiger partial charge is 0.370 e. The molecule has 3 aromatic rings. The van der Waals surface area contributed by atoms with Crippen molar-refractivity contribution in [3.05, 3.63) is 52.4 Å². The second-order valence-electron chi connectivity index (χ2n) is 6.25. The van der Waals surface area contributed by atoms with E-state index in [1.807, 2.05) is 0 Å². The maximum Gasteiger partial charge on any atom is 0.133 e. The maximum atomic E-state index is 5.01. The molecule has 0 unspecified atom stereocenters. The summed E-state index contributed by atoms with van der Waals surface area (Å²) in [5.74, 6) is 1.18. The van der Waals surface area contributed by atoms with E-state index in [4.69, 9.17) is 5.10 Å². The molecule has 0 radical (unpaired) electrons. The third-order valence-corrected chi connectivity index (χ3v) is 5.49. The first kappa shape index (κ1) is 14.5. The van der Waals surface area contributed by atoms with Crippen molar-refractivity contribution in [2.45, 2.75) is 33.1 Å². The maximum absolute atomic E-state index is 5.01. The number of aryl methyl sites for hydroxylation is 2. The zero-order valence-electron chi connectivity index (χ0n) is 13.6. The van der Waals surface area contributed by atoms with Gasteiger partial charge < -0.3 is 5.32 Å². The minimum Gasteiger partial charge on any atom is -0.370 e. The van der Waals surface area contributed by atoms with E-state index in [0.29, 0.717) is 0 Å². The highest BCUT2D eigenvalue weighted by molar-refractivity contribution is 7.13. The Hall–Kier alpha value is -2.07. The van der Waals surface area contributed by atoms with Crippen LogP contribution < -0.4 is 5.32 Å². The second kappa shape index (κ2) is 5.85. The highest BCUT2D eigenvalue weighted by Gasteiger charge is 2.22. The van der Waals surface area contributed by atoms with E-state index in [-0.39, 0.29) is 0 Å². The number of fused-ring (bicyclic) bond motifs is 1. The van der Waals surface area contributed by atoms with E-state index in [1.54, 1.807) is 11.3 Å². The van der Waals surface area contributed by atoms with Crippen LogP contribution in [0.25, 0.3) is 16.3 Å². The highest BCUT2D eigenvalue weighted by atomic mass is 32.1. The molecule has 1 aliphatic rings. The lowest BCUT2D eigenvalue weighted by Crippen LogP contribution is -2.08. The van der Waals surface area contributed by atoms with Crippen LogP contribution in [0.2, 0.25) is 0 Å². The molecule has 23 heavy (non-hydrogen) atoms. The van der Waals surface area contributed by atoms with Gasteiger partial charge in [-0.15, -0.1) is 11.3 Å². The lowest BCUT2D eigenvalue weighted by molar-refractivity contribution is 0.780. The van der Waals surface area contributed by atoms with Gasteiger partial charge in [-0.2, -0.15) is 5.10 Å². The number of hydrogen-bond donors (Lipinski definition) is 1. The summed E-state index contributed by atoms with van der Waals surface area (Å²) in [6.07, 6.45) is 3.53. The summed E-state index contributed by atoms with van der Waals surface area (Å²) in [6, 6.07) is 10.7. The summed E-state index contributed by atoms with van der Waals surface area (Å²) < 4.78 is 2.11. The Morgan fingerprint density at radius 3 is 2.83 bits per heavy atom. The van der Waals surface area contributed by atoms with Crippen molar-refractivity contribution in [3.8, 4) is 16.3 Å². The Bertz CT molecular complexity index is 844. The molecule has 3 nitrogen and oxygen atoms in total. The summed E-state index contributed by atoms with van der Waals surface area (Å²) in [4.78, 5) is 1.27. The lowest BCUT2D eigenvalue weighted by atomic mass is 10.1. The van der Waals surface area contributed by atoms with Crippen molar-refractivity contribution in [3.63, 3.8) is 0 Å². The van der Waals surface area contributed by atoms with Crippen LogP contribution in [-0.4, -0.2) is 16.3 Å². The number of benzene rings is 1. The molecule has 4 heteroatoms. The molecule has 0 saturated heterocycles. The molecule has 1 N–H and O–H groups in total. The number of rotatable bonds is 2. The average Bonchev–Trinajstić information content (AvgIpc) is 3.03. The summed E-state index contributed by atoms with van der Waals surface area (Å²) in [7, 11) is 0. The molecule has 0 fully saturated rings. The van der Waals surface area contributed by atoms with Gasteiger partial charge in [0.25, 0.3) is 0 Å². The fourth-order valence-corrected chi connectivity index (χ4v) is 4.14. The first-order valence-corrected chi connectivity index (χ1v) is 9.09. The normalized spacial score (nSPS) is 14.2. The van der Waals surface area contributed by atoms with Crippen LogP contribution in [0.5, 0.6) is 0 Å². The molecule has 0 saturated carbocycles. The number of nitrogens with one attached hydrogen (secondary N) is 1. The summed E-state index contributed by atoms with van der Waals surface area (Å²) >= 11 is 1.79. The van der Waals surface area contributed by atoms with Gasteiger partial charge in [-0.05, 0) is 61.7 Å². The smallest absolute Gasteiger partial charge is 0.133 e. The van der Waals surface area contributed by atoms with Gasteiger partial charge in [-0.3, -0.25) is 0 Å². The molecule has 0 amide bonds. The van der Waals surface area contributed by atoms with Gasteiger partial charge in [-0.25, -0.2) is 4.68 Å². The topological polar surface area (TPSA) is 29.9 Å². The first-order chi connectivity index (χ1) is 11.2.